The summed E-state index contributed by atoms with van der Waals surface area (Å²) in [6.07, 6.45) is 1.54. The molecule has 2 heterocycles. The Morgan fingerprint density at radius 1 is 1.50 bits per heavy atom. The smallest absolute Gasteiger partial charge is 0.269 e. The zero-order valence-electron chi connectivity index (χ0n) is 9.89. The number of anilines is 1. The van der Waals surface area contributed by atoms with E-state index in [1.165, 1.54) is 11.5 Å². The van der Waals surface area contributed by atoms with Crippen molar-refractivity contribution in [3.05, 3.63) is 24.0 Å². The highest BCUT2D eigenvalue weighted by atomic mass is 32.2. The lowest BCUT2D eigenvalue weighted by Gasteiger charge is -2.20. The van der Waals surface area contributed by atoms with Crippen LogP contribution in [0.1, 0.15) is 10.5 Å². The number of thioether (sulfide) groups is 2. The van der Waals surface area contributed by atoms with Crippen LogP contribution in [-0.4, -0.2) is 39.9 Å². The fourth-order valence-corrected chi connectivity index (χ4v) is 4.18. The first-order chi connectivity index (χ1) is 8.79. The van der Waals surface area contributed by atoms with Gasteiger partial charge in [-0.1, -0.05) is 0 Å². The lowest BCUT2D eigenvalue weighted by atomic mass is 10.3. The first-order valence-corrected chi connectivity index (χ1v) is 7.90. The maximum absolute atomic E-state index is 11.8. The van der Waals surface area contributed by atoms with Crippen LogP contribution < -0.4 is 16.6 Å². The second-order valence-electron chi connectivity index (χ2n) is 3.85. The summed E-state index contributed by atoms with van der Waals surface area (Å²) < 4.78 is 0. The van der Waals surface area contributed by atoms with Gasteiger partial charge in [-0.05, 0) is 12.1 Å². The van der Waals surface area contributed by atoms with Crippen LogP contribution in [0.2, 0.25) is 0 Å². The van der Waals surface area contributed by atoms with Crippen molar-refractivity contribution in [2.75, 3.05) is 29.2 Å². The monoisotopic (exact) mass is 284 g/mol. The Balaban J connectivity index is 1.82. The minimum absolute atomic E-state index is 0.130. The van der Waals surface area contributed by atoms with Gasteiger partial charge in [0, 0.05) is 29.1 Å². The van der Waals surface area contributed by atoms with E-state index in [1.807, 2.05) is 23.5 Å². The molecule has 0 aromatic carbocycles. The van der Waals surface area contributed by atoms with Gasteiger partial charge in [-0.3, -0.25) is 10.6 Å². The Bertz CT molecular complexity index is 393. The van der Waals surface area contributed by atoms with Crippen LogP contribution >= 0.6 is 23.5 Å². The average molecular weight is 284 g/mol. The van der Waals surface area contributed by atoms with Crippen LogP contribution in [0.3, 0.4) is 0 Å². The van der Waals surface area contributed by atoms with Crippen LogP contribution in [0.5, 0.6) is 0 Å². The summed E-state index contributed by atoms with van der Waals surface area (Å²) in [6.45, 7) is 0.703. The Kier molecular flexibility index (Phi) is 5.15. The van der Waals surface area contributed by atoms with E-state index in [0.717, 1.165) is 5.75 Å². The van der Waals surface area contributed by atoms with E-state index >= 15 is 0 Å². The van der Waals surface area contributed by atoms with E-state index in [2.05, 4.69) is 15.7 Å². The number of hydrogen-bond acceptors (Lipinski definition) is 6. The zero-order valence-corrected chi connectivity index (χ0v) is 11.5. The maximum Gasteiger partial charge on any atom is 0.269 e. The summed E-state index contributed by atoms with van der Waals surface area (Å²) in [5.41, 5.74) is 3.58. The minimum atomic E-state index is -0.130. The van der Waals surface area contributed by atoms with Gasteiger partial charge >= 0.3 is 0 Å². The van der Waals surface area contributed by atoms with Gasteiger partial charge in [-0.25, -0.2) is 4.98 Å². The Morgan fingerprint density at radius 2 is 2.39 bits per heavy atom. The lowest BCUT2D eigenvalue weighted by Crippen LogP contribution is -2.33. The van der Waals surface area contributed by atoms with E-state index in [0.29, 0.717) is 23.2 Å². The summed E-state index contributed by atoms with van der Waals surface area (Å²) in [5.74, 6) is 8.59. The van der Waals surface area contributed by atoms with Crippen molar-refractivity contribution in [3.63, 3.8) is 0 Å². The van der Waals surface area contributed by atoms with Crippen molar-refractivity contribution >= 4 is 35.1 Å². The van der Waals surface area contributed by atoms with Crippen LogP contribution in [0.4, 0.5) is 5.69 Å². The zero-order chi connectivity index (χ0) is 12.8. The molecular weight excluding hydrogens is 268 g/mol. The number of pyridine rings is 1. The predicted octanol–water partition coefficient (Wildman–Crippen LogP) is 0.946. The molecule has 5 nitrogen and oxygen atoms in total. The molecule has 18 heavy (non-hydrogen) atoms. The molecule has 1 unspecified atom stereocenters. The highest BCUT2D eigenvalue weighted by Gasteiger charge is 2.16. The number of nitrogens with two attached hydrogens (primary N) is 1. The maximum atomic E-state index is 11.8. The third-order valence-corrected chi connectivity index (χ3v) is 5.38. The number of nitrogens with one attached hydrogen (secondary N) is 2. The van der Waals surface area contributed by atoms with Gasteiger partial charge < -0.3 is 10.7 Å². The molecular formula is C11H16N4OS2. The predicted molar refractivity (Wildman–Crippen MR) is 78.0 cm³/mol. The molecule has 1 aromatic rings. The molecule has 4 N–H and O–H groups in total. The van der Waals surface area contributed by atoms with Crippen LogP contribution in [-0.2, 0) is 0 Å². The van der Waals surface area contributed by atoms with Gasteiger partial charge in [-0.15, -0.1) is 0 Å². The molecule has 1 aliphatic heterocycles. The van der Waals surface area contributed by atoms with Gasteiger partial charge in [0.25, 0.3) is 5.91 Å². The summed E-state index contributed by atoms with van der Waals surface area (Å²) in [4.78, 5) is 15.9. The van der Waals surface area contributed by atoms with Crippen molar-refractivity contribution < 1.29 is 4.79 Å². The van der Waals surface area contributed by atoms with Crippen molar-refractivity contribution in [1.82, 2.24) is 10.3 Å². The topological polar surface area (TPSA) is 80.0 Å². The summed E-state index contributed by atoms with van der Waals surface area (Å²) >= 11 is 3.87. The number of hydrogen-bond donors (Lipinski definition) is 3. The molecule has 1 amide bonds. The highest BCUT2D eigenvalue weighted by Crippen LogP contribution is 2.23. The molecule has 0 aliphatic carbocycles. The van der Waals surface area contributed by atoms with E-state index < -0.39 is 0 Å². The molecule has 0 saturated carbocycles. The van der Waals surface area contributed by atoms with Crippen LogP contribution in [0, 0.1) is 0 Å². The van der Waals surface area contributed by atoms with Gasteiger partial charge in [0.1, 0.15) is 5.69 Å². The van der Waals surface area contributed by atoms with Gasteiger partial charge in [-0.2, -0.15) is 23.5 Å². The van der Waals surface area contributed by atoms with E-state index in [9.17, 15) is 4.79 Å². The quantitative estimate of drug-likeness (QED) is 0.564. The number of hydrazine groups is 1. The van der Waals surface area contributed by atoms with Crippen molar-refractivity contribution in [3.8, 4) is 0 Å². The number of amides is 1. The molecule has 1 saturated heterocycles. The highest BCUT2D eigenvalue weighted by molar-refractivity contribution is 8.06. The number of nitrogens with zero attached hydrogens (tertiary/aromatic N) is 1. The second kappa shape index (κ2) is 6.86. The van der Waals surface area contributed by atoms with E-state index in [-0.39, 0.29) is 5.91 Å². The Morgan fingerprint density at radius 3 is 3.00 bits per heavy atom. The molecule has 2 rings (SSSR count). The number of carbonyl (C=O) groups is 1. The fraction of sp³-hybridized carbons (Fsp3) is 0.455. The van der Waals surface area contributed by atoms with Crippen molar-refractivity contribution in [2.45, 2.75) is 5.25 Å². The average Bonchev–Trinajstić information content (AvgIpc) is 2.46. The molecule has 0 spiro atoms. The van der Waals surface area contributed by atoms with Crippen molar-refractivity contribution in [1.29, 1.82) is 0 Å². The number of aromatic nitrogens is 1. The normalized spacial score (nSPS) is 19.3. The molecule has 1 aromatic heterocycles. The second-order valence-corrected chi connectivity index (χ2v) is 6.41. The SMILES string of the molecule is NNc1ccc(C(=O)NCC2CSCCS2)nc1. The van der Waals surface area contributed by atoms with Crippen LogP contribution in [0.15, 0.2) is 18.3 Å². The van der Waals surface area contributed by atoms with E-state index in [4.69, 9.17) is 5.84 Å². The molecule has 1 fully saturated rings. The standard InChI is InChI=1S/C11H16N4OS2/c12-15-8-1-2-10(13-5-8)11(16)14-6-9-7-17-3-4-18-9/h1-2,5,9,15H,3-4,6-7,12H2,(H,14,16). The molecule has 7 heteroatoms. The molecule has 1 aliphatic rings. The molecule has 1 atom stereocenters. The summed E-state index contributed by atoms with van der Waals surface area (Å²) in [7, 11) is 0. The van der Waals surface area contributed by atoms with Gasteiger partial charge in [0.05, 0.1) is 11.9 Å². The summed E-state index contributed by atoms with van der Waals surface area (Å²) in [5, 5.41) is 3.43. The molecule has 0 bridgehead atoms. The third-order valence-electron chi connectivity index (χ3n) is 2.54. The fourth-order valence-electron chi connectivity index (χ4n) is 1.57. The number of carbonyl (C=O) groups excluding carboxylic acids is 1. The molecule has 98 valence electrons. The summed E-state index contributed by atoms with van der Waals surface area (Å²) in [6, 6.07) is 3.39. The lowest BCUT2D eigenvalue weighted by molar-refractivity contribution is 0.0949. The van der Waals surface area contributed by atoms with E-state index in [1.54, 1.807) is 18.3 Å². The number of rotatable bonds is 4. The van der Waals surface area contributed by atoms with Crippen LogP contribution in [0.25, 0.3) is 0 Å². The first-order valence-electron chi connectivity index (χ1n) is 5.70. The Labute approximate surface area is 115 Å². The third kappa shape index (κ3) is 3.79. The first kappa shape index (κ1) is 13.5. The minimum Gasteiger partial charge on any atom is -0.350 e. The largest absolute Gasteiger partial charge is 0.350 e. The van der Waals surface area contributed by atoms with Gasteiger partial charge in [0.2, 0.25) is 0 Å². The van der Waals surface area contributed by atoms with Gasteiger partial charge in [0.15, 0.2) is 0 Å². The Hall–Kier alpha value is -0.920. The molecule has 0 radical (unpaired) electrons. The van der Waals surface area contributed by atoms with Crippen molar-refractivity contribution in [2.24, 2.45) is 5.84 Å². The number of nitrogen functional groups attached to an aromatic ring is 1.